The molecule has 0 aliphatic heterocycles. The van der Waals surface area contributed by atoms with Gasteiger partial charge in [0.05, 0.1) is 5.60 Å². The number of halogens is 1. The number of aliphatic hydroxyl groups is 1. The maximum absolute atomic E-state index is 14.4. The van der Waals surface area contributed by atoms with Crippen molar-refractivity contribution < 1.29 is 13.9 Å². The molecule has 2 N–H and O–H groups in total. The van der Waals surface area contributed by atoms with Gasteiger partial charge in [-0.2, -0.15) is 0 Å². The number of fused-ring (bicyclic) bond motifs is 1. The van der Waals surface area contributed by atoms with Crippen molar-refractivity contribution in [2.24, 2.45) is 0 Å². The molecule has 124 valence electrons. The van der Waals surface area contributed by atoms with E-state index >= 15 is 0 Å². The van der Waals surface area contributed by atoms with E-state index in [0.717, 1.165) is 37.7 Å². The molecule has 2 aliphatic carbocycles. The molecule has 0 unspecified atom stereocenters. The summed E-state index contributed by atoms with van der Waals surface area (Å²) in [7, 11) is 0. The summed E-state index contributed by atoms with van der Waals surface area (Å²) in [6.07, 6.45) is 4.71. The van der Waals surface area contributed by atoms with Gasteiger partial charge in [-0.3, -0.25) is 0 Å². The van der Waals surface area contributed by atoms with Crippen LogP contribution in [0.2, 0.25) is 0 Å². The van der Waals surface area contributed by atoms with Crippen LogP contribution in [0.5, 0.6) is 0 Å². The molecule has 2 saturated carbocycles. The van der Waals surface area contributed by atoms with Crippen molar-refractivity contribution in [3.05, 3.63) is 29.4 Å². The highest BCUT2D eigenvalue weighted by Crippen LogP contribution is 2.47. The lowest BCUT2D eigenvalue weighted by molar-refractivity contribution is -0.0341. The van der Waals surface area contributed by atoms with Gasteiger partial charge in [0.15, 0.2) is 17.3 Å². The fourth-order valence-electron chi connectivity index (χ4n) is 3.32. The maximum atomic E-state index is 14.4. The topological polar surface area (TPSA) is 58.3 Å². The summed E-state index contributed by atoms with van der Waals surface area (Å²) >= 11 is 0. The first kappa shape index (κ1) is 15.1. The lowest BCUT2D eigenvalue weighted by Crippen LogP contribution is -2.49. The van der Waals surface area contributed by atoms with Crippen molar-refractivity contribution in [3.8, 4) is 0 Å². The Labute approximate surface area is 135 Å². The molecule has 2 fully saturated rings. The van der Waals surface area contributed by atoms with Crippen LogP contribution in [0, 0.1) is 5.82 Å². The highest BCUT2D eigenvalue weighted by atomic mass is 19.1. The zero-order valence-electron chi connectivity index (χ0n) is 13.7. The van der Waals surface area contributed by atoms with Gasteiger partial charge in [-0.25, -0.2) is 9.37 Å². The molecular weight excluding hydrogens is 295 g/mol. The minimum Gasteiger partial charge on any atom is -0.437 e. The van der Waals surface area contributed by atoms with Crippen molar-refractivity contribution in [2.45, 2.75) is 63.0 Å². The standard InChI is InChI=1S/C18H23FN2O2/c1-11(2)16-21-14-9-12(8-13(19)15(14)23-16)18(6-7-18)20-10-17(22)4-3-5-17/h8-9,11,20,22H,3-7,10H2,1-2H3. The smallest absolute Gasteiger partial charge is 0.198 e. The molecule has 2 aromatic rings. The molecule has 1 heterocycles. The second-order valence-electron chi connectivity index (χ2n) is 7.53. The molecule has 0 spiro atoms. The summed E-state index contributed by atoms with van der Waals surface area (Å²) in [5.41, 5.74) is 0.952. The quantitative estimate of drug-likeness (QED) is 0.884. The van der Waals surface area contributed by atoms with E-state index in [2.05, 4.69) is 10.3 Å². The first-order valence-corrected chi connectivity index (χ1v) is 8.49. The third-order valence-electron chi connectivity index (χ3n) is 5.30. The molecule has 5 heteroatoms. The largest absolute Gasteiger partial charge is 0.437 e. The molecule has 4 rings (SSSR count). The van der Waals surface area contributed by atoms with Crippen LogP contribution < -0.4 is 5.32 Å². The zero-order valence-corrected chi connectivity index (χ0v) is 13.7. The molecule has 0 atom stereocenters. The SMILES string of the molecule is CC(C)c1nc2cc(C3(NCC4(O)CCC4)CC3)cc(F)c2o1. The number of nitrogens with zero attached hydrogens (tertiary/aromatic N) is 1. The van der Waals surface area contributed by atoms with E-state index in [1.165, 1.54) is 0 Å². The van der Waals surface area contributed by atoms with Crippen molar-refractivity contribution in [1.29, 1.82) is 0 Å². The number of hydrogen-bond donors (Lipinski definition) is 2. The van der Waals surface area contributed by atoms with Crippen molar-refractivity contribution >= 4 is 11.1 Å². The lowest BCUT2D eigenvalue weighted by atomic mass is 9.80. The number of benzene rings is 1. The van der Waals surface area contributed by atoms with E-state index in [1.54, 1.807) is 6.07 Å². The summed E-state index contributed by atoms with van der Waals surface area (Å²) in [6.45, 7) is 4.53. The van der Waals surface area contributed by atoms with Crippen molar-refractivity contribution in [2.75, 3.05) is 6.54 Å². The van der Waals surface area contributed by atoms with Crippen LogP contribution in [0.25, 0.3) is 11.1 Å². The Hall–Kier alpha value is -1.46. The van der Waals surface area contributed by atoms with E-state index < -0.39 is 5.60 Å². The Kier molecular flexibility index (Phi) is 3.29. The van der Waals surface area contributed by atoms with Gasteiger partial charge in [0.2, 0.25) is 0 Å². The minimum absolute atomic E-state index is 0.131. The molecule has 1 aromatic carbocycles. The second kappa shape index (κ2) is 5.02. The van der Waals surface area contributed by atoms with Crippen molar-refractivity contribution in [3.63, 3.8) is 0 Å². The van der Waals surface area contributed by atoms with E-state index in [-0.39, 0.29) is 22.9 Å². The van der Waals surface area contributed by atoms with Gasteiger partial charge >= 0.3 is 0 Å². The Bertz CT molecular complexity index is 745. The normalized spacial score (nSPS) is 21.6. The minimum atomic E-state index is -0.572. The summed E-state index contributed by atoms with van der Waals surface area (Å²) in [6, 6.07) is 3.49. The van der Waals surface area contributed by atoms with Crippen LogP contribution in [0.4, 0.5) is 4.39 Å². The van der Waals surface area contributed by atoms with Crippen LogP contribution in [-0.4, -0.2) is 22.2 Å². The van der Waals surface area contributed by atoms with Crippen molar-refractivity contribution in [1.82, 2.24) is 10.3 Å². The molecule has 0 saturated heterocycles. The number of oxazole rings is 1. The predicted octanol–water partition coefficient (Wildman–Crippen LogP) is 3.58. The van der Waals surface area contributed by atoms with E-state index in [9.17, 15) is 9.50 Å². The number of nitrogens with one attached hydrogen (secondary N) is 1. The Morgan fingerprint density at radius 1 is 1.30 bits per heavy atom. The Balaban J connectivity index is 1.63. The average Bonchev–Trinajstić information content (AvgIpc) is 3.14. The second-order valence-corrected chi connectivity index (χ2v) is 7.53. The number of hydrogen-bond acceptors (Lipinski definition) is 4. The first-order valence-electron chi connectivity index (χ1n) is 8.49. The number of rotatable bonds is 5. The fraction of sp³-hybridized carbons (Fsp3) is 0.611. The molecular formula is C18H23FN2O2. The third-order valence-corrected chi connectivity index (χ3v) is 5.30. The summed E-state index contributed by atoms with van der Waals surface area (Å²) in [5.74, 6) is 0.344. The Morgan fingerprint density at radius 3 is 2.61 bits per heavy atom. The van der Waals surface area contributed by atoms with E-state index in [4.69, 9.17) is 4.42 Å². The van der Waals surface area contributed by atoms with Gasteiger partial charge in [0, 0.05) is 18.0 Å². The average molecular weight is 318 g/mol. The Morgan fingerprint density at radius 2 is 2.04 bits per heavy atom. The molecule has 23 heavy (non-hydrogen) atoms. The third kappa shape index (κ3) is 2.56. The van der Waals surface area contributed by atoms with E-state index in [1.807, 2.05) is 19.9 Å². The van der Waals surface area contributed by atoms with Gasteiger partial charge in [0.25, 0.3) is 0 Å². The van der Waals surface area contributed by atoms with Gasteiger partial charge < -0.3 is 14.8 Å². The highest BCUT2D eigenvalue weighted by molar-refractivity contribution is 5.75. The molecule has 0 radical (unpaired) electrons. The molecule has 2 aliphatic rings. The van der Waals surface area contributed by atoms with Gasteiger partial charge in [-0.15, -0.1) is 0 Å². The highest BCUT2D eigenvalue weighted by Gasteiger charge is 2.47. The van der Waals surface area contributed by atoms with Crippen LogP contribution in [0.3, 0.4) is 0 Å². The zero-order chi connectivity index (χ0) is 16.2. The maximum Gasteiger partial charge on any atom is 0.198 e. The van der Waals surface area contributed by atoms with Crippen LogP contribution >= 0.6 is 0 Å². The van der Waals surface area contributed by atoms with Gasteiger partial charge in [-0.05, 0) is 49.8 Å². The summed E-state index contributed by atoms with van der Waals surface area (Å²) in [4.78, 5) is 4.43. The monoisotopic (exact) mass is 318 g/mol. The van der Waals surface area contributed by atoms with Crippen LogP contribution in [-0.2, 0) is 5.54 Å². The van der Waals surface area contributed by atoms with Crippen LogP contribution in [0.1, 0.15) is 63.3 Å². The van der Waals surface area contributed by atoms with Gasteiger partial charge in [-0.1, -0.05) is 13.8 Å². The predicted molar refractivity (Wildman–Crippen MR) is 85.8 cm³/mol. The van der Waals surface area contributed by atoms with Gasteiger partial charge in [0.1, 0.15) is 5.52 Å². The molecule has 0 amide bonds. The fourth-order valence-corrected chi connectivity index (χ4v) is 3.32. The molecule has 4 nitrogen and oxygen atoms in total. The van der Waals surface area contributed by atoms with E-state index in [0.29, 0.717) is 18.0 Å². The summed E-state index contributed by atoms with van der Waals surface area (Å²) < 4.78 is 20.0. The molecule has 1 aromatic heterocycles. The molecule has 0 bridgehead atoms. The van der Waals surface area contributed by atoms with Crippen LogP contribution in [0.15, 0.2) is 16.5 Å². The number of aromatic nitrogens is 1. The first-order chi connectivity index (χ1) is 10.9. The lowest BCUT2D eigenvalue weighted by Gasteiger charge is -2.38. The summed E-state index contributed by atoms with van der Waals surface area (Å²) in [5, 5.41) is 13.8.